The fraction of sp³-hybridized carbons (Fsp3) is 0.455. The molecule has 1 unspecified atom stereocenters. The molecule has 0 heterocycles. The molecule has 0 fully saturated rings. The molecular weight excluding hydrogens is 230 g/mol. The Kier molecular flexibility index (Phi) is 5.29. The molecule has 2 nitrogen and oxygen atoms in total. The quantitative estimate of drug-likeness (QED) is 0.837. The van der Waals surface area contributed by atoms with Crippen molar-refractivity contribution in [2.45, 2.75) is 18.7 Å². The van der Waals surface area contributed by atoms with Crippen LogP contribution in [0.4, 0.5) is 0 Å². The highest BCUT2D eigenvalue weighted by atomic mass is 35.5. The summed E-state index contributed by atoms with van der Waals surface area (Å²) in [6, 6.07) is 5.09. The fourth-order valence-corrected chi connectivity index (χ4v) is 1.67. The lowest BCUT2D eigenvalue weighted by Crippen LogP contribution is -2.22. The Hall–Kier alpha value is -0.380. The lowest BCUT2D eigenvalue weighted by Gasteiger charge is -2.10. The van der Waals surface area contributed by atoms with E-state index in [1.165, 1.54) is 0 Å². The number of phenols is 1. The first-order valence-electron chi connectivity index (χ1n) is 4.84. The zero-order valence-electron chi connectivity index (χ0n) is 8.96. The summed E-state index contributed by atoms with van der Waals surface area (Å²) in [6.07, 6.45) is 2.09. The van der Waals surface area contributed by atoms with Crippen molar-refractivity contribution in [1.82, 2.24) is 5.32 Å². The average Bonchev–Trinajstić information content (AvgIpc) is 2.23. The van der Waals surface area contributed by atoms with Gasteiger partial charge in [-0.05, 0) is 24.5 Å². The largest absolute Gasteiger partial charge is 0.508 e. The zero-order chi connectivity index (χ0) is 11.3. The van der Waals surface area contributed by atoms with Crippen LogP contribution in [0.2, 0.25) is 5.02 Å². The molecule has 1 rings (SSSR count). The molecule has 0 radical (unpaired) electrons. The second-order valence-corrected chi connectivity index (χ2v) is 5.16. The Labute approximate surface area is 100 Å². The molecule has 0 saturated carbocycles. The van der Waals surface area contributed by atoms with Gasteiger partial charge in [0.15, 0.2) is 0 Å². The lowest BCUT2D eigenvalue weighted by molar-refractivity contribution is 0.464. The van der Waals surface area contributed by atoms with E-state index in [0.29, 0.717) is 22.6 Å². The van der Waals surface area contributed by atoms with Crippen molar-refractivity contribution in [2.75, 3.05) is 12.8 Å². The van der Waals surface area contributed by atoms with E-state index in [9.17, 15) is 5.11 Å². The van der Waals surface area contributed by atoms with Crippen LogP contribution in [0.5, 0.6) is 5.75 Å². The van der Waals surface area contributed by atoms with Gasteiger partial charge in [-0.25, -0.2) is 0 Å². The van der Waals surface area contributed by atoms with Crippen LogP contribution in [0.15, 0.2) is 18.2 Å². The van der Waals surface area contributed by atoms with E-state index in [4.69, 9.17) is 11.6 Å². The molecular formula is C11H16ClNOS. The van der Waals surface area contributed by atoms with Gasteiger partial charge in [-0.3, -0.25) is 0 Å². The molecule has 0 bridgehead atoms. The third-order valence-electron chi connectivity index (χ3n) is 2.19. The molecule has 2 N–H and O–H groups in total. The number of hydrogen-bond donors (Lipinski definition) is 2. The van der Waals surface area contributed by atoms with Gasteiger partial charge in [0.2, 0.25) is 0 Å². The third-order valence-corrected chi connectivity index (χ3v) is 3.40. The molecule has 84 valence electrons. The summed E-state index contributed by atoms with van der Waals surface area (Å²) in [5.74, 6) is 0.295. The summed E-state index contributed by atoms with van der Waals surface area (Å²) >= 11 is 7.66. The number of nitrogens with one attached hydrogen (secondary N) is 1. The van der Waals surface area contributed by atoms with Gasteiger partial charge in [0, 0.05) is 28.9 Å². The predicted octanol–water partition coefficient (Wildman–Crippen LogP) is 2.89. The maximum Gasteiger partial charge on any atom is 0.120 e. The van der Waals surface area contributed by atoms with Crippen molar-refractivity contribution in [1.29, 1.82) is 0 Å². The molecule has 0 aliphatic carbocycles. The molecule has 0 spiro atoms. The van der Waals surface area contributed by atoms with Crippen molar-refractivity contribution < 1.29 is 5.11 Å². The number of thioether (sulfide) groups is 1. The summed E-state index contributed by atoms with van der Waals surface area (Å²) in [7, 11) is 0. The fourth-order valence-electron chi connectivity index (χ4n) is 1.19. The Balaban J connectivity index is 2.46. The molecule has 15 heavy (non-hydrogen) atoms. The van der Waals surface area contributed by atoms with Crippen molar-refractivity contribution in [3.8, 4) is 5.75 Å². The van der Waals surface area contributed by atoms with Crippen LogP contribution >= 0.6 is 23.4 Å². The van der Waals surface area contributed by atoms with Gasteiger partial charge in [0.1, 0.15) is 5.75 Å². The lowest BCUT2D eigenvalue weighted by atomic mass is 10.2. The van der Waals surface area contributed by atoms with Gasteiger partial charge in [-0.2, -0.15) is 11.8 Å². The van der Waals surface area contributed by atoms with Crippen LogP contribution in [-0.4, -0.2) is 23.2 Å². The van der Waals surface area contributed by atoms with Crippen LogP contribution in [-0.2, 0) is 6.54 Å². The summed E-state index contributed by atoms with van der Waals surface area (Å²) in [5, 5.41) is 14.1. The molecule has 1 atom stereocenters. The van der Waals surface area contributed by atoms with E-state index in [1.807, 2.05) is 11.8 Å². The van der Waals surface area contributed by atoms with E-state index < -0.39 is 0 Å². The van der Waals surface area contributed by atoms with E-state index in [2.05, 4.69) is 18.5 Å². The van der Waals surface area contributed by atoms with E-state index in [1.54, 1.807) is 18.2 Å². The first-order valence-corrected chi connectivity index (χ1v) is 6.51. The molecule has 0 amide bonds. The summed E-state index contributed by atoms with van der Waals surface area (Å²) in [5.41, 5.74) is 0.843. The molecule has 0 aromatic heterocycles. The van der Waals surface area contributed by atoms with Crippen molar-refractivity contribution in [3.63, 3.8) is 0 Å². The summed E-state index contributed by atoms with van der Waals surface area (Å²) in [4.78, 5) is 0. The van der Waals surface area contributed by atoms with Crippen LogP contribution < -0.4 is 5.32 Å². The minimum absolute atomic E-state index is 0.295. The molecule has 1 aromatic carbocycles. The van der Waals surface area contributed by atoms with Gasteiger partial charge in [0.25, 0.3) is 0 Å². The molecule has 0 saturated heterocycles. The normalized spacial score (nSPS) is 12.7. The van der Waals surface area contributed by atoms with Gasteiger partial charge in [-0.1, -0.05) is 18.5 Å². The zero-order valence-corrected chi connectivity index (χ0v) is 10.5. The van der Waals surface area contributed by atoms with Crippen LogP contribution in [0.3, 0.4) is 0 Å². The molecule has 0 aliphatic heterocycles. The number of rotatable bonds is 5. The average molecular weight is 246 g/mol. The first-order chi connectivity index (χ1) is 7.13. The third kappa shape index (κ3) is 4.33. The second kappa shape index (κ2) is 6.26. The number of benzene rings is 1. The SMILES string of the molecule is CSC(C)CNCc1cc(Cl)ccc1O. The van der Waals surface area contributed by atoms with Gasteiger partial charge in [-0.15, -0.1) is 0 Å². The topological polar surface area (TPSA) is 32.3 Å². The van der Waals surface area contributed by atoms with Gasteiger partial charge >= 0.3 is 0 Å². The van der Waals surface area contributed by atoms with E-state index >= 15 is 0 Å². The van der Waals surface area contributed by atoms with Crippen molar-refractivity contribution >= 4 is 23.4 Å². The highest BCUT2D eigenvalue weighted by Crippen LogP contribution is 2.21. The number of aromatic hydroxyl groups is 1. The number of hydrogen-bond acceptors (Lipinski definition) is 3. The standard InChI is InChI=1S/C11H16ClNOS/c1-8(15-2)6-13-7-9-5-10(12)3-4-11(9)14/h3-5,8,13-14H,6-7H2,1-2H3. The highest BCUT2D eigenvalue weighted by molar-refractivity contribution is 7.99. The number of halogens is 1. The van der Waals surface area contributed by atoms with Crippen LogP contribution in [0.25, 0.3) is 0 Å². The van der Waals surface area contributed by atoms with Crippen LogP contribution in [0.1, 0.15) is 12.5 Å². The predicted molar refractivity (Wildman–Crippen MR) is 67.8 cm³/mol. The highest BCUT2D eigenvalue weighted by Gasteiger charge is 2.03. The minimum atomic E-state index is 0.295. The number of phenolic OH excluding ortho intramolecular Hbond substituents is 1. The molecule has 0 aliphatic rings. The van der Waals surface area contributed by atoms with Crippen LogP contribution in [0, 0.1) is 0 Å². The minimum Gasteiger partial charge on any atom is -0.508 e. The monoisotopic (exact) mass is 245 g/mol. The Morgan fingerprint density at radius 1 is 1.53 bits per heavy atom. The molecule has 1 aromatic rings. The Morgan fingerprint density at radius 3 is 2.93 bits per heavy atom. The molecule has 4 heteroatoms. The van der Waals surface area contributed by atoms with Gasteiger partial charge in [0.05, 0.1) is 0 Å². The maximum atomic E-state index is 9.55. The van der Waals surface area contributed by atoms with E-state index in [-0.39, 0.29) is 0 Å². The second-order valence-electron chi connectivity index (χ2n) is 3.45. The van der Waals surface area contributed by atoms with Crippen molar-refractivity contribution in [2.24, 2.45) is 0 Å². The van der Waals surface area contributed by atoms with Crippen molar-refractivity contribution in [3.05, 3.63) is 28.8 Å². The van der Waals surface area contributed by atoms with Gasteiger partial charge < -0.3 is 10.4 Å². The Bertz CT molecular complexity index is 319. The smallest absolute Gasteiger partial charge is 0.120 e. The first kappa shape index (κ1) is 12.7. The summed E-state index contributed by atoms with van der Waals surface area (Å²) < 4.78 is 0. The van der Waals surface area contributed by atoms with E-state index in [0.717, 1.165) is 12.1 Å². The Morgan fingerprint density at radius 2 is 2.27 bits per heavy atom. The maximum absolute atomic E-state index is 9.55. The summed E-state index contributed by atoms with van der Waals surface area (Å²) in [6.45, 7) is 3.74.